The van der Waals surface area contributed by atoms with E-state index < -0.39 is 17.0 Å². The Hall–Kier alpha value is 1.39. The van der Waals surface area contributed by atoms with Gasteiger partial charge in [-0.3, -0.25) is 8.37 Å². The Bertz CT molecular complexity index is 215. The van der Waals surface area contributed by atoms with E-state index in [-0.39, 0.29) is 7.43 Å². The number of hydrogen-bond acceptors (Lipinski definition) is 0. The molecule has 4 rings (SSSR count). The molecule has 0 heterocycles. The zero-order chi connectivity index (χ0) is 10.9. The molecule has 0 aliphatic heterocycles. The number of halogens is 2. The van der Waals surface area contributed by atoms with Crippen molar-refractivity contribution >= 4 is 27.0 Å². The van der Waals surface area contributed by atoms with Gasteiger partial charge in [-0.2, -0.15) is 0 Å². The third kappa shape index (κ3) is 3.24. The summed E-state index contributed by atoms with van der Waals surface area (Å²) in [5, 5.41) is 9.77. The predicted molar refractivity (Wildman–Crippen MR) is 69.3 cm³/mol. The van der Waals surface area contributed by atoms with Crippen LogP contribution >= 0.6 is 27.0 Å². The van der Waals surface area contributed by atoms with Gasteiger partial charge in [-0.05, 0) is 61.4 Å². The van der Waals surface area contributed by atoms with Crippen molar-refractivity contribution in [2.75, 3.05) is 0 Å². The fourth-order valence-electron chi connectivity index (χ4n) is 4.19. The molecule has 0 aromatic heterocycles. The van der Waals surface area contributed by atoms with Gasteiger partial charge in [0, 0.05) is 0 Å². The second-order valence-electron chi connectivity index (χ2n) is 5.31. The van der Waals surface area contributed by atoms with Gasteiger partial charge in [0.1, 0.15) is 0 Å². The second-order valence-corrected chi connectivity index (χ2v) is 9.04. The summed E-state index contributed by atoms with van der Waals surface area (Å²) in [6, 6.07) is 0. The van der Waals surface area contributed by atoms with Crippen molar-refractivity contribution in [3.05, 3.63) is 12.6 Å². The molecule has 0 amide bonds. The molecule has 5 heteroatoms. The van der Waals surface area contributed by atoms with Crippen molar-refractivity contribution in [1.82, 2.24) is 0 Å². The predicted octanol–water partition coefficient (Wildman–Crippen LogP) is 5.48. The Balaban J connectivity index is 0.000000292. The number of rotatable bonds is 1. The van der Waals surface area contributed by atoms with E-state index in [1.807, 2.05) is 0 Å². The summed E-state index contributed by atoms with van der Waals surface area (Å²) in [5.41, 5.74) is 0. The average Bonchev–Trinajstić information content (AvgIpc) is 2.17. The molecule has 92 valence electrons. The first-order chi connectivity index (χ1) is 7.21. The van der Waals surface area contributed by atoms with E-state index in [2.05, 4.69) is 0 Å². The van der Waals surface area contributed by atoms with E-state index in [1.54, 1.807) is 0 Å². The number of nitrogens with zero attached hydrogens (tertiary/aromatic N) is 1. The molecule has 4 aliphatic rings. The van der Waals surface area contributed by atoms with Crippen LogP contribution in [0.25, 0.3) is 5.16 Å². The summed E-state index contributed by atoms with van der Waals surface area (Å²) < 4.78 is 0. The summed E-state index contributed by atoms with van der Waals surface area (Å²) in [5.74, 6) is 2.95. The Morgan fingerprint density at radius 1 is 1.00 bits per heavy atom. The number of hydrogen-bond donors (Lipinski definition) is 0. The fraction of sp³-hybridized carbons (Fsp3) is 0.909. The Morgan fingerprint density at radius 3 is 1.56 bits per heavy atom. The molecule has 0 N–H and O–H groups in total. The minimum Gasteiger partial charge on any atom is -0.783 e. The Morgan fingerprint density at radius 2 is 1.31 bits per heavy atom. The van der Waals surface area contributed by atoms with E-state index in [4.69, 9.17) is 18.6 Å². The van der Waals surface area contributed by atoms with Crippen molar-refractivity contribution in [3.63, 3.8) is 0 Å². The average molecular weight is 314 g/mol. The zero-order valence-electron chi connectivity index (χ0n) is 9.63. The topological polar surface area (TPSA) is 22.3 Å². The Kier molecular flexibility index (Phi) is 6.31. The van der Waals surface area contributed by atoms with Crippen molar-refractivity contribution < 1.29 is 17.0 Å². The zero-order valence-corrected chi connectivity index (χ0v) is 13.6. The minimum absolute atomic E-state index is 0. The fourth-order valence-corrected chi connectivity index (χ4v) is 5.21. The van der Waals surface area contributed by atoms with Crippen LogP contribution < -0.4 is 0 Å². The summed E-state index contributed by atoms with van der Waals surface area (Å²) >= 11 is -0.556. The van der Waals surface area contributed by atoms with Gasteiger partial charge < -0.3 is 12.6 Å². The van der Waals surface area contributed by atoms with Crippen LogP contribution in [0, 0.1) is 25.2 Å². The summed E-state index contributed by atoms with van der Waals surface area (Å²) in [4.78, 5) is 0. The summed E-state index contributed by atoms with van der Waals surface area (Å²) in [7, 11) is 10.5. The normalized spacial score (nSPS) is 43.2. The van der Waals surface area contributed by atoms with Crippen LogP contribution in [0.15, 0.2) is 0 Å². The maximum Gasteiger partial charge on any atom is -0.00867 e. The quantitative estimate of drug-likeness (QED) is 0.347. The molecule has 0 aromatic rings. The third-order valence-corrected chi connectivity index (χ3v) is 5.19. The molecule has 4 saturated carbocycles. The van der Waals surface area contributed by atoms with Gasteiger partial charge >= 0.3 is 35.6 Å². The molecule has 0 unspecified atom stereocenters. The van der Waals surface area contributed by atoms with E-state index in [1.165, 1.54) is 38.5 Å². The smallest absolute Gasteiger partial charge is 0.00867 e. The van der Waals surface area contributed by atoms with Crippen LogP contribution in [0.5, 0.6) is 0 Å². The maximum absolute atomic E-state index is 9.40. The van der Waals surface area contributed by atoms with Gasteiger partial charge in [0.15, 0.2) is 0 Å². The molecule has 0 aromatic carbocycles. The second kappa shape index (κ2) is 6.53. The van der Waals surface area contributed by atoms with Gasteiger partial charge in [0.05, 0.1) is 0 Å². The first-order valence-corrected chi connectivity index (χ1v) is 10.7. The van der Waals surface area contributed by atoms with E-state index in [9.17, 15) is 5.16 Å². The van der Waals surface area contributed by atoms with Gasteiger partial charge in [0.25, 0.3) is 0 Å². The molecule has 16 heavy (non-hydrogen) atoms. The van der Waals surface area contributed by atoms with Crippen LogP contribution in [-0.2, 0) is 17.0 Å². The van der Waals surface area contributed by atoms with Gasteiger partial charge in [-0.1, -0.05) is 0 Å². The molecule has 1 nitrogen and oxygen atoms in total. The van der Waals surface area contributed by atoms with Crippen molar-refractivity contribution in [3.8, 4) is 0 Å². The maximum atomic E-state index is 9.40. The van der Waals surface area contributed by atoms with Crippen LogP contribution in [-0.4, -0.2) is 5.16 Å². The monoisotopic (exact) mass is 313 g/mol. The van der Waals surface area contributed by atoms with E-state index >= 15 is 0 Å². The first-order valence-electron chi connectivity index (χ1n) is 5.54. The molecule has 0 saturated heterocycles. The molecule has 4 bridgehead atoms. The third-order valence-electron chi connectivity index (χ3n) is 4.22. The van der Waals surface area contributed by atoms with Gasteiger partial charge in [-0.25, -0.2) is 0 Å². The molecule has 4 fully saturated rings. The standard InChI is InChI=1S/C10H15NP.CH3.2ClH.Ti/c11-12-10-4-7-1-8(5-10)3-9(2-7)6-10;;;;/h7-9H,1-6H2;1H3;2*1H;/q2*-1;;;+2/p-2. The largest absolute Gasteiger partial charge is 0.783 e. The molecule has 0 radical (unpaired) electrons. The SMILES string of the molecule is [CH3-].[Cl][Ti][Cl].[N-]=PC12CC3CC(CC(C3)C1)C2. The van der Waals surface area contributed by atoms with Gasteiger partial charge in [-0.15, -0.1) is 0 Å². The molecular formula is C11H18Cl2NPTi-2. The van der Waals surface area contributed by atoms with Crippen molar-refractivity contribution in [2.24, 2.45) is 17.8 Å². The summed E-state index contributed by atoms with van der Waals surface area (Å²) in [6.45, 7) is 0. The van der Waals surface area contributed by atoms with Crippen molar-refractivity contribution in [1.29, 1.82) is 0 Å². The Labute approximate surface area is 117 Å². The summed E-state index contributed by atoms with van der Waals surface area (Å²) in [6.07, 6.45) is 8.43. The molecule has 4 aliphatic carbocycles. The van der Waals surface area contributed by atoms with Crippen LogP contribution in [0.2, 0.25) is 0 Å². The first kappa shape index (κ1) is 15.5. The van der Waals surface area contributed by atoms with Gasteiger partial charge in [0.2, 0.25) is 0 Å². The van der Waals surface area contributed by atoms with Crippen molar-refractivity contribution in [2.45, 2.75) is 43.7 Å². The van der Waals surface area contributed by atoms with E-state index in [0.29, 0.717) is 13.5 Å². The van der Waals surface area contributed by atoms with Crippen LogP contribution in [0.1, 0.15) is 38.5 Å². The van der Waals surface area contributed by atoms with Crippen LogP contribution in [0.4, 0.5) is 0 Å². The molecule has 0 spiro atoms. The minimum atomic E-state index is -0.556. The van der Waals surface area contributed by atoms with E-state index in [0.717, 1.165) is 17.8 Å². The molecule has 0 atom stereocenters. The molecular weight excluding hydrogens is 296 g/mol. The van der Waals surface area contributed by atoms with Crippen LogP contribution in [0.3, 0.4) is 0 Å².